The van der Waals surface area contributed by atoms with E-state index in [2.05, 4.69) is 5.32 Å². The first kappa shape index (κ1) is 14.4. The van der Waals surface area contributed by atoms with Gasteiger partial charge in [-0.1, -0.05) is 12.1 Å². The molecule has 114 valence electrons. The molecule has 6 heteroatoms. The zero-order valence-electron chi connectivity index (χ0n) is 11.5. The monoisotopic (exact) mass is 299 g/mol. The van der Waals surface area contributed by atoms with Gasteiger partial charge in [-0.3, -0.25) is 0 Å². The topological polar surface area (TPSA) is 30.5 Å². The largest absolute Gasteiger partial charge is 0.496 e. The molecule has 2 unspecified atom stereocenters. The van der Waals surface area contributed by atoms with Crippen LogP contribution in [0, 0.1) is 0 Å². The molecule has 0 radical (unpaired) electrons. The van der Waals surface area contributed by atoms with Gasteiger partial charge < -0.3 is 14.8 Å². The lowest BCUT2D eigenvalue weighted by molar-refractivity contribution is -0.138. The molecule has 3 nitrogen and oxygen atoms in total. The summed E-state index contributed by atoms with van der Waals surface area (Å²) < 4.78 is 49.0. The van der Waals surface area contributed by atoms with Crippen LogP contribution in [0.15, 0.2) is 24.3 Å². The Bertz CT molecular complexity index is 569. The number of alkyl halides is 3. The van der Waals surface area contributed by atoms with Gasteiger partial charge in [-0.15, -0.1) is 0 Å². The average molecular weight is 299 g/mol. The van der Waals surface area contributed by atoms with E-state index in [1.807, 2.05) is 6.08 Å². The van der Waals surface area contributed by atoms with Gasteiger partial charge in [-0.05, 0) is 29.7 Å². The number of morpholine rings is 1. The Labute approximate surface area is 120 Å². The molecule has 0 amide bonds. The molecule has 2 atom stereocenters. The van der Waals surface area contributed by atoms with Gasteiger partial charge in [0.05, 0.1) is 25.9 Å². The SMILES string of the molecule is COc1cc(C2=CC3COCC(C2)N3)ccc1C(F)(F)F. The minimum atomic E-state index is -4.41. The third-order valence-electron chi connectivity index (χ3n) is 3.81. The first-order chi connectivity index (χ1) is 9.97. The molecule has 0 spiro atoms. The average Bonchev–Trinajstić information content (AvgIpc) is 2.45. The predicted octanol–water partition coefficient (Wildman–Crippen LogP) is 2.86. The zero-order chi connectivity index (χ0) is 15.0. The molecule has 2 aliphatic heterocycles. The molecule has 3 rings (SSSR count). The van der Waals surface area contributed by atoms with Crippen LogP contribution in [-0.2, 0) is 10.9 Å². The first-order valence-electron chi connectivity index (χ1n) is 6.77. The fraction of sp³-hybridized carbons (Fsp3) is 0.467. The summed E-state index contributed by atoms with van der Waals surface area (Å²) in [5, 5.41) is 3.40. The van der Waals surface area contributed by atoms with Crippen LogP contribution in [-0.4, -0.2) is 32.4 Å². The lowest BCUT2D eigenvalue weighted by atomic mass is 9.91. The minimum Gasteiger partial charge on any atom is -0.496 e. The Morgan fingerprint density at radius 3 is 2.76 bits per heavy atom. The third-order valence-corrected chi connectivity index (χ3v) is 3.81. The van der Waals surface area contributed by atoms with Crippen molar-refractivity contribution >= 4 is 5.57 Å². The Balaban J connectivity index is 1.95. The van der Waals surface area contributed by atoms with Gasteiger partial charge in [-0.2, -0.15) is 13.2 Å². The Hall–Kier alpha value is -1.53. The lowest BCUT2D eigenvalue weighted by Gasteiger charge is -2.35. The number of rotatable bonds is 2. The number of halogens is 3. The van der Waals surface area contributed by atoms with Gasteiger partial charge in [0, 0.05) is 12.1 Å². The fourth-order valence-electron chi connectivity index (χ4n) is 2.87. The highest BCUT2D eigenvalue weighted by Crippen LogP contribution is 2.38. The van der Waals surface area contributed by atoms with E-state index < -0.39 is 11.7 Å². The van der Waals surface area contributed by atoms with E-state index in [1.54, 1.807) is 0 Å². The standard InChI is InChI=1S/C15H16F3NO2/c1-20-14-6-9(2-3-13(14)15(16,17)18)10-4-11-7-21-8-12(5-10)19-11/h2-4,6,11-12,19H,5,7-8H2,1H3. The Morgan fingerprint density at radius 1 is 1.29 bits per heavy atom. The number of hydrogen-bond donors (Lipinski definition) is 1. The number of fused-ring (bicyclic) bond motifs is 2. The van der Waals surface area contributed by atoms with E-state index in [4.69, 9.17) is 9.47 Å². The van der Waals surface area contributed by atoms with Crippen molar-refractivity contribution in [1.82, 2.24) is 5.32 Å². The number of nitrogens with one attached hydrogen (secondary N) is 1. The van der Waals surface area contributed by atoms with Crippen LogP contribution in [0.1, 0.15) is 17.5 Å². The minimum absolute atomic E-state index is 0.126. The first-order valence-corrected chi connectivity index (χ1v) is 6.77. The third kappa shape index (κ3) is 2.91. The molecular formula is C15H16F3NO2. The van der Waals surface area contributed by atoms with Crippen LogP contribution < -0.4 is 10.1 Å². The van der Waals surface area contributed by atoms with Crippen molar-refractivity contribution in [3.63, 3.8) is 0 Å². The number of hydrogen-bond acceptors (Lipinski definition) is 3. The Kier molecular flexibility index (Phi) is 3.67. The van der Waals surface area contributed by atoms with Crippen molar-refractivity contribution in [2.24, 2.45) is 0 Å². The predicted molar refractivity (Wildman–Crippen MR) is 72.1 cm³/mol. The number of benzene rings is 1. The number of ether oxygens (including phenoxy) is 2. The van der Waals surface area contributed by atoms with Crippen LogP contribution in [0.2, 0.25) is 0 Å². The maximum absolute atomic E-state index is 12.9. The van der Waals surface area contributed by atoms with Gasteiger partial charge in [0.15, 0.2) is 0 Å². The van der Waals surface area contributed by atoms with Crippen molar-refractivity contribution in [3.8, 4) is 5.75 Å². The summed E-state index contributed by atoms with van der Waals surface area (Å²) >= 11 is 0. The van der Waals surface area contributed by atoms with Gasteiger partial charge in [0.2, 0.25) is 0 Å². The lowest BCUT2D eigenvalue weighted by Crippen LogP contribution is -2.50. The molecule has 1 N–H and O–H groups in total. The van der Waals surface area contributed by atoms with E-state index in [0.29, 0.717) is 13.2 Å². The summed E-state index contributed by atoms with van der Waals surface area (Å²) in [6.45, 7) is 1.23. The summed E-state index contributed by atoms with van der Waals surface area (Å²) in [5.74, 6) is -0.138. The highest BCUT2D eigenvalue weighted by atomic mass is 19.4. The van der Waals surface area contributed by atoms with Crippen LogP contribution in [0.25, 0.3) is 5.57 Å². The van der Waals surface area contributed by atoms with E-state index in [0.717, 1.165) is 23.6 Å². The second-order valence-electron chi connectivity index (χ2n) is 5.32. The van der Waals surface area contributed by atoms with E-state index >= 15 is 0 Å². The summed E-state index contributed by atoms with van der Waals surface area (Å²) in [4.78, 5) is 0. The summed E-state index contributed by atoms with van der Waals surface area (Å²) in [6, 6.07) is 4.41. The maximum atomic E-state index is 12.9. The van der Waals surface area contributed by atoms with Crippen LogP contribution in [0.3, 0.4) is 0 Å². The van der Waals surface area contributed by atoms with Crippen LogP contribution in [0.4, 0.5) is 13.2 Å². The second kappa shape index (κ2) is 5.35. The summed E-state index contributed by atoms with van der Waals surface area (Å²) in [7, 11) is 1.26. The second-order valence-corrected chi connectivity index (χ2v) is 5.32. The molecular weight excluding hydrogens is 283 g/mol. The van der Waals surface area contributed by atoms with E-state index in [-0.39, 0.29) is 17.8 Å². The van der Waals surface area contributed by atoms with Crippen LogP contribution in [0.5, 0.6) is 5.75 Å². The quantitative estimate of drug-likeness (QED) is 0.911. The fourth-order valence-corrected chi connectivity index (χ4v) is 2.87. The highest BCUT2D eigenvalue weighted by Gasteiger charge is 2.35. The van der Waals surface area contributed by atoms with Gasteiger partial charge in [-0.25, -0.2) is 0 Å². The molecule has 2 bridgehead atoms. The highest BCUT2D eigenvalue weighted by molar-refractivity contribution is 5.69. The normalized spacial score (nSPS) is 25.4. The molecule has 21 heavy (non-hydrogen) atoms. The molecule has 0 saturated carbocycles. The summed E-state index contributed by atoms with van der Waals surface area (Å²) in [6.07, 6.45) is -1.64. The maximum Gasteiger partial charge on any atom is 0.419 e. The summed E-state index contributed by atoms with van der Waals surface area (Å²) in [5.41, 5.74) is 1.07. The molecule has 0 aliphatic carbocycles. The van der Waals surface area contributed by atoms with Gasteiger partial charge in [0.25, 0.3) is 0 Å². The van der Waals surface area contributed by atoms with Crippen molar-refractivity contribution < 1.29 is 22.6 Å². The van der Waals surface area contributed by atoms with Crippen molar-refractivity contribution in [2.75, 3.05) is 20.3 Å². The van der Waals surface area contributed by atoms with Gasteiger partial charge >= 0.3 is 6.18 Å². The Morgan fingerprint density at radius 2 is 2.10 bits per heavy atom. The van der Waals surface area contributed by atoms with Gasteiger partial charge in [0.1, 0.15) is 5.75 Å². The molecule has 1 fully saturated rings. The van der Waals surface area contributed by atoms with Crippen molar-refractivity contribution in [2.45, 2.75) is 24.7 Å². The molecule has 2 heterocycles. The molecule has 2 aliphatic rings. The molecule has 1 aromatic carbocycles. The van der Waals surface area contributed by atoms with Crippen LogP contribution >= 0.6 is 0 Å². The van der Waals surface area contributed by atoms with E-state index in [9.17, 15) is 13.2 Å². The van der Waals surface area contributed by atoms with Crippen molar-refractivity contribution in [3.05, 3.63) is 35.4 Å². The molecule has 1 aromatic rings. The molecule has 1 saturated heterocycles. The zero-order valence-corrected chi connectivity index (χ0v) is 11.5. The smallest absolute Gasteiger partial charge is 0.419 e. The number of methoxy groups -OCH3 is 1. The van der Waals surface area contributed by atoms with E-state index in [1.165, 1.54) is 19.2 Å². The molecule has 0 aromatic heterocycles. The van der Waals surface area contributed by atoms with Crippen molar-refractivity contribution in [1.29, 1.82) is 0 Å².